The molecule has 0 aliphatic heterocycles. The molecular formula is C20H22BrCl2N3O2S. The molecule has 0 atom stereocenters. The molecule has 0 aliphatic rings. The van der Waals surface area contributed by atoms with Gasteiger partial charge in [0.1, 0.15) is 0 Å². The molecule has 0 spiro atoms. The van der Waals surface area contributed by atoms with Crippen molar-refractivity contribution in [1.29, 1.82) is 0 Å². The number of nitrogens with one attached hydrogen (secondary N) is 2. The maximum absolute atomic E-state index is 12.6. The van der Waals surface area contributed by atoms with Gasteiger partial charge in [0.25, 0.3) is 0 Å². The van der Waals surface area contributed by atoms with Gasteiger partial charge in [0.05, 0.1) is 4.90 Å². The van der Waals surface area contributed by atoms with E-state index in [2.05, 4.69) is 31.0 Å². The molecule has 0 unspecified atom stereocenters. The monoisotopic (exact) mass is 517 g/mol. The SMILES string of the molecule is Cl.Cl.O=S(=O)(NCCNC/C=C\c1ccc(Br)cc1)c1cccc2cnccc12. The van der Waals surface area contributed by atoms with Crippen molar-refractivity contribution < 1.29 is 8.42 Å². The first-order valence-corrected chi connectivity index (χ1v) is 10.8. The topological polar surface area (TPSA) is 71.1 Å². The fourth-order valence-corrected chi connectivity index (χ4v) is 4.16. The van der Waals surface area contributed by atoms with Crippen molar-refractivity contribution in [2.45, 2.75) is 4.90 Å². The Morgan fingerprint density at radius 1 is 1.00 bits per heavy atom. The van der Waals surface area contributed by atoms with Crippen molar-refractivity contribution in [3.8, 4) is 0 Å². The third kappa shape index (κ3) is 7.37. The van der Waals surface area contributed by atoms with Crippen LogP contribution in [0.25, 0.3) is 16.8 Å². The lowest BCUT2D eigenvalue weighted by Crippen LogP contribution is -2.32. The molecule has 0 radical (unpaired) electrons. The number of aromatic nitrogens is 1. The van der Waals surface area contributed by atoms with Gasteiger partial charge in [-0.15, -0.1) is 24.8 Å². The molecule has 9 heteroatoms. The number of rotatable bonds is 8. The number of benzene rings is 2. The van der Waals surface area contributed by atoms with Gasteiger partial charge in [-0.05, 0) is 29.8 Å². The Kier molecular flexibility index (Phi) is 10.8. The Balaban J connectivity index is 0.00000210. The van der Waals surface area contributed by atoms with Gasteiger partial charge in [-0.2, -0.15) is 0 Å². The van der Waals surface area contributed by atoms with Gasteiger partial charge in [-0.1, -0.05) is 52.3 Å². The number of pyridine rings is 1. The highest BCUT2D eigenvalue weighted by molar-refractivity contribution is 9.10. The predicted molar refractivity (Wildman–Crippen MR) is 127 cm³/mol. The molecule has 1 aromatic heterocycles. The molecule has 0 fully saturated rings. The van der Waals surface area contributed by atoms with Crippen LogP contribution in [0.4, 0.5) is 0 Å². The molecule has 0 bridgehead atoms. The highest BCUT2D eigenvalue weighted by Crippen LogP contribution is 2.21. The molecule has 29 heavy (non-hydrogen) atoms. The van der Waals surface area contributed by atoms with E-state index in [1.54, 1.807) is 30.6 Å². The first-order chi connectivity index (χ1) is 13.1. The molecule has 3 aromatic rings. The quantitative estimate of drug-likeness (QED) is 0.433. The number of sulfonamides is 1. The fraction of sp³-hybridized carbons (Fsp3) is 0.150. The summed E-state index contributed by atoms with van der Waals surface area (Å²) in [5.41, 5.74) is 1.12. The first-order valence-electron chi connectivity index (χ1n) is 8.51. The van der Waals surface area contributed by atoms with Crippen molar-refractivity contribution in [1.82, 2.24) is 15.0 Å². The summed E-state index contributed by atoms with van der Waals surface area (Å²) in [6.45, 7) is 1.52. The largest absolute Gasteiger partial charge is 0.312 e. The fourth-order valence-electron chi connectivity index (χ4n) is 2.63. The van der Waals surface area contributed by atoms with Crippen LogP contribution in [0.15, 0.2) is 76.4 Å². The first kappa shape index (κ1) is 25.6. The minimum absolute atomic E-state index is 0. The molecule has 0 amide bonds. The number of fused-ring (bicyclic) bond motifs is 1. The van der Waals surface area contributed by atoms with Crippen LogP contribution < -0.4 is 10.0 Å². The second-order valence-corrected chi connectivity index (χ2v) is 8.56. The van der Waals surface area contributed by atoms with Crippen molar-refractivity contribution in [2.75, 3.05) is 19.6 Å². The van der Waals surface area contributed by atoms with E-state index in [1.807, 2.05) is 42.5 Å². The molecule has 3 rings (SSSR count). The van der Waals surface area contributed by atoms with Crippen LogP contribution in [0.3, 0.4) is 0 Å². The summed E-state index contributed by atoms with van der Waals surface area (Å²) in [4.78, 5) is 4.31. The normalized spacial score (nSPS) is 11.2. The minimum Gasteiger partial charge on any atom is -0.312 e. The summed E-state index contributed by atoms with van der Waals surface area (Å²) in [6.07, 6.45) is 7.29. The number of hydrogen-bond donors (Lipinski definition) is 2. The van der Waals surface area contributed by atoms with E-state index in [-0.39, 0.29) is 29.7 Å². The Morgan fingerprint density at radius 2 is 1.76 bits per heavy atom. The van der Waals surface area contributed by atoms with Crippen LogP contribution in [0.2, 0.25) is 0 Å². The van der Waals surface area contributed by atoms with Crippen LogP contribution in [0.5, 0.6) is 0 Å². The van der Waals surface area contributed by atoms with E-state index in [9.17, 15) is 8.42 Å². The van der Waals surface area contributed by atoms with E-state index in [1.165, 1.54) is 0 Å². The Hall–Kier alpha value is -1.48. The highest BCUT2D eigenvalue weighted by atomic mass is 79.9. The highest BCUT2D eigenvalue weighted by Gasteiger charge is 2.16. The van der Waals surface area contributed by atoms with Gasteiger partial charge in [0, 0.05) is 47.3 Å². The third-order valence-electron chi connectivity index (χ3n) is 3.97. The van der Waals surface area contributed by atoms with Crippen LogP contribution >= 0.6 is 40.7 Å². The predicted octanol–water partition coefficient (Wildman–Crippen LogP) is 4.42. The number of nitrogens with zero attached hydrogens (tertiary/aromatic N) is 1. The van der Waals surface area contributed by atoms with Gasteiger partial charge in [-0.25, -0.2) is 13.1 Å². The number of halogens is 3. The molecule has 0 saturated heterocycles. The maximum atomic E-state index is 12.6. The average Bonchev–Trinajstić information content (AvgIpc) is 2.68. The average molecular weight is 519 g/mol. The van der Waals surface area contributed by atoms with Crippen molar-refractivity contribution >= 4 is 67.6 Å². The van der Waals surface area contributed by atoms with Crippen molar-refractivity contribution in [2.24, 2.45) is 0 Å². The Labute approximate surface area is 192 Å². The molecule has 1 heterocycles. The summed E-state index contributed by atoms with van der Waals surface area (Å²) in [6, 6.07) is 14.9. The van der Waals surface area contributed by atoms with Crippen LogP contribution in [-0.4, -0.2) is 33.0 Å². The van der Waals surface area contributed by atoms with Gasteiger partial charge in [-0.3, -0.25) is 4.98 Å². The maximum Gasteiger partial charge on any atom is 0.241 e. The smallest absolute Gasteiger partial charge is 0.241 e. The van der Waals surface area contributed by atoms with Crippen LogP contribution in [-0.2, 0) is 10.0 Å². The molecule has 0 aliphatic carbocycles. The molecule has 156 valence electrons. The van der Waals surface area contributed by atoms with Gasteiger partial charge < -0.3 is 5.32 Å². The van der Waals surface area contributed by atoms with Crippen molar-refractivity contribution in [3.63, 3.8) is 0 Å². The van der Waals surface area contributed by atoms with Gasteiger partial charge in [0.2, 0.25) is 10.0 Å². The Bertz CT molecular complexity index is 1040. The summed E-state index contributed by atoms with van der Waals surface area (Å²) >= 11 is 3.41. The molecule has 2 N–H and O–H groups in total. The van der Waals surface area contributed by atoms with Gasteiger partial charge in [0.15, 0.2) is 0 Å². The summed E-state index contributed by atoms with van der Waals surface area (Å²) < 4.78 is 28.8. The standard InChI is InChI=1S/C20H20BrN3O2S.2ClH/c21-18-8-6-16(7-9-18)3-2-11-22-13-14-24-27(25,26)20-5-1-4-17-15-23-12-10-19(17)20;;/h1-10,12,15,22,24H,11,13-14H2;2*1H/b3-2-;;. The van der Waals surface area contributed by atoms with Crippen molar-refractivity contribution in [3.05, 3.63) is 77.0 Å². The lowest BCUT2D eigenvalue weighted by molar-refractivity contribution is 0.579. The van der Waals surface area contributed by atoms with E-state index in [0.717, 1.165) is 15.4 Å². The second-order valence-electron chi connectivity index (χ2n) is 5.91. The van der Waals surface area contributed by atoms with Crippen LogP contribution in [0, 0.1) is 0 Å². The molecular weight excluding hydrogens is 497 g/mol. The van der Waals surface area contributed by atoms with E-state index in [4.69, 9.17) is 0 Å². The summed E-state index contributed by atoms with van der Waals surface area (Å²) in [7, 11) is -3.57. The Morgan fingerprint density at radius 3 is 2.52 bits per heavy atom. The third-order valence-corrected chi connectivity index (χ3v) is 6.01. The minimum atomic E-state index is -3.57. The summed E-state index contributed by atoms with van der Waals surface area (Å²) in [5, 5.41) is 4.67. The van der Waals surface area contributed by atoms with E-state index in [0.29, 0.717) is 25.0 Å². The second kappa shape index (κ2) is 12.3. The lowest BCUT2D eigenvalue weighted by atomic mass is 10.2. The molecule has 0 saturated carbocycles. The zero-order chi connectivity index (χ0) is 19.1. The van der Waals surface area contributed by atoms with Gasteiger partial charge >= 0.3 is 0 Å². The molecule has 5 nitrogen and oxygen atoms in total. The molecule has 2 aromatic carbocycles. The van der Waals surface area contributed by atoms with E-state index >= 15 is 0 Å². The summed E-state index contributed by atoms with van der Waals surface area (Å²) in [5.74, 6) is 0. The zero-order valence-electron chi connectivity index (χ0n) is 15.4. The lowest BCUT2D eigenvalue weighted by Gasteiger charge is -2.09. The zero-order valence-corrected chi connectivity index (χ0v) is 19.5. The number of hydrogen-bond acceptors (Lipinski definition) is 4. The van der Waals surface area contributed by atoms with Crippen LogP contribution in [0.1, 0.15) is 5.56 Å². The van der Waals surface area contributed by atoms with E-state index < -0.39 is 10.0 Å².